The molecule has 0 aliphatic carbocycles. The van der Waals surface area contributed by atoms with Crippen molar-refractivity contribution in [1.29, 1.82) is 0 Å². The molecule has 0 aliphatic heterocycles. The molecular weight excluding hydrogens is 390 g/mol. The third-order valence-corrected chi connectivity index (χ3v) is 5.60. The number of fused-ring (bicyclic) bond motifs is 1. The van der Waals surface area contributed by atoms with Gasteiger partial charge in [-0.2, -0.15) is 0 Å². The van der Waals surface area contributed by atoms with E-state index in [1.807, 2.05) is 18.2 Å². The molecule has 32 heavy (non-hydrogen) atoms. The summed E-state index contributed by atoms with van der Waals surface area (Å²) in [5.41, 5.74) is 6.71. The standard InChI is InChI=1S/C29H25N3/c1-22-17-18-27-26(19-22)28(25-15-9-4-10-16-25)31-29(30-27)32(20-23-11-5-2-6-12-23)21-24-13-7-3-8-14-24/h2-19H,20-21H2,1H3. The maximum absolute atomic E-state index is 5.12. The molecule has 0 amide bonds. The molecule has 1 heterocycles. The first-order valence-corrected chi connectivity index (χ1v) is 10.9. The van der Waals surface area contributed by atoms with E-state index in [1.165, 1.54) is 16.7 Å². The summed E-state index contributed by atoms with van der Waals surface area (Å²) in [4.78, 5) is 12.4. The molecule has 5 aromatic rings. The summed E-state index contributed by atoms with van der Waals surface area (Å²) in [6.07, 6.45) is 0. The molecule has 0 aliphatic rings. The SMILES string of the molecule is Cc1ccc2nc(N(Cc3ccccc3)Cc3ccccc3)nc(-c3ccccc3)c2c1. The van der Waals surface area contributed by atoms with Crippen molar-refractivity contribution in [2.45, 2.75) is 20.0 Å². The number of hydrogen-bond acceptors (Lipinski definition) is 3. The molecule has 3 nitrogen and oxygen atoms in total. The van der Waals surface area contributed by atoms with E-state index in [0.29, 0.717) is 0 Å². The maximum atomic E-state index is 5.12. The van der Waals surface area contributed by atoms with Gasteiger partial charge in [-0.05, 0) is 30.2 Å². The molecule has 0 spiro atoms. The Morgan fingerprint density at radius 2 is 1.19 bits per heavy atom. The van der Waals surface area contributed by atoms with Crippen molar-refractivity contribution in [1.82, 2.24) is 9.97 Å². The number of aromatic nitrogens is 2. The molecule has 0 N–H and O–H groups in total. The summed E-state index contributed by atoms with van der Waals surface area (Å²) in [6.45, 7) is 3.59. The minimum Gasteiger partial charge on any atom is -0.332 e. The van der Waals surface area contributed by atoms with E-state index in [1.54, 1.807) is 0 Å². The van der Waals surface area contributed by atoms with Gasteiger partial charge >= 0.3 is 0 Å². The lowest BCUT2D eigenvalue weighted by Crippen LogP contribution is -2.24. The second-order valence-corrected chi connectivity index (χ2v) is 8.09. The summed E-state index contributed by atoms with van der Waals surface area (Å²) in [5, 5.41) is 1.08. The van der Waals surface area contributed by atoms with Crippen molar-refractivity contribution in [3.63, 3.8) is 0 Å². The van der Waals surface area contributed by atoms with Crippen LogP contribution in [0.5, 0.6) is 0 Å². The maximum Gasteiger partial charge on any atom is 0.227 e. The Hall–Kier alpha value is -3.98. The highest BCUT2D eigenvalue weighted by Gasteiger charge is 2.16. The zero-order valence-corrected chi connectivity index (χ0v) is 18.1. The summed E-state index contributed by atoms with van der Waals surface area (Å²) >= 11 is 0. The number of aryl methyl sites for hydroxylation is 1. The van der Waals surface area contributed by atoms with Crippen LogP contribution in [0.1, 0.15) is 16.7 Å². The summed E-state index contributed by atoms with van der Waals surface area (Å²) in [5.74, 6) is 0.743. The second kappa shape index (κ2) is 9.03. The van der Waals surface area contributed by atoms with E-state index >= 15 is 0 Å². The predicted molar refractivity (Wildman–Crippen MR) is 132 cm³/mol. The van der Waals surface area contributed by atoms with Gasteiger partial charge in [-0.15, -0.1) is 0 Å². The Kier molecular flexibility index (Phi) is 5.63. The first-order chi connectivity index (χ1) is 15.8. The van der Waals surface area contributed by atoms with Crippen LogP contribution < -0.4 is 4.90 Å². The fourth-order valence-electron chi connectivity index (χ4n) is 3.99. The van der Waals surface area contributed by atoms with Crippen LogP contribution in [-0.4, -0.2) is 9.97 Å². The average molecular weight is 416 g/mol. The molecule has 0 unspecified atom stereocenters. The van der Waals surface area contributed by atoms with Gasteiger partial charge in [0.2, 0.25) is 5.95 Å². The average Bonchev–Trinajstić information content (AvgIpc) is 2.85. The van der Waals surface area contributed by atoms with Gasteiger partial charge in [0, 0.05) is 24.0 Å². The monoisotopic (exact) mass is 415 g/mol. The zero-order chi connectivity index (χ0) is 21.8. The van der Waals surface area contributed by atoms with Crippen molar-refractivity contribution in [2.24, 2.45) is 0 Å². The fourth-order valence-corrected chi connectivity index (χ4v) is 3.99. The molecule has 0 atom stereocenters. The van der Waals surface area contributed by atoms with Gasteiger partial charge in [0.25, 0.3) is 0 Å². The van der Waals surface area contributed by atoms with E-state index < -0.39 is 0 Å². The smallest absolute Gasteiger partial charge is 0.227 e. The molecule has 0 fully saturated rings. The lowest BCUT2D eigenvalue weighted by atomic mass is 10.0. The predicted octanol–water partition coefficient (Wildman–Crippen LogP) is 6.81. The Balaban J connectivity index is 1.65. The quantitative estimate of drug-likeness (QED) is 0.305. The van der Waals surface area contributed by atoms with Gasteiger partial charge < -0.3 is 4.90 Å². The molecule has 1 aromatic heterocycles. The van der Waals surface area contributed by atoms with Crippen molar-refractivity contribution in [3.8, 4) is 11.3 Å². The van der Waals surface area contributed by atoms with Crippen LogP contribution in [0.15, 0.2) is 109 Å². The Morgan fingerprint density at radius 3 is 1.78 bits per heavy atom. The highest BCUT2D eigenvalue weighted by atomic mass is 15.2. The summed E-state index contributed by atoms with van der Waals surface area (Å²) in [7, 11) is 0. The second-order valence-electron chi connectivity index (χ2n) is 8.09. The van der Waals surface area contributed by atoms with E-state index in [4.69, 9.17) is 9.97 Å². The molecule has 156 valence electrons. The number of hydrogen-bond donors (Lipinski definition) is 0. The van der Waals surface area contributed by atoms with Gasteiger partial charge in [-0.25, -0.2) is 9.97 Å². The van der Waals surface area contributed by atoms with Crippen molar-refractivity contribution in [2.75, 3.05) is 4.90 Å². The molecule has 5 rings (SSSR count). The van der Waals surface area contributed by atoms with E-state index in [-0.39, 0.29) is 0 Å². The van der Waals surface area contributed by atoms with E-state index in [2.05, 4.69) is 103 Å². The van der Waals surface area contributed by atoms with Crippen LogP contribution in [0, 0.1) is 6.92 Å². The Bertz CT molecular complexity index is 1280. The number of anilines is 1. The highest BCUT2D eigenvalue weighted by Crippen LogP contribution is 2.30. The van der Waals surface area contributed by atoms with Crippen molar-refractivity contribution >= 4 is 16.9 Å². The van der Waals surface area contributed by atoms with Gasteiger partial charge in [0.15, 0.2) is 0 Å². The molecule has 4 aromatic carbocycles. The molecule has 0 saturated carbocycles. The van der Waals surface area contributed by atoms with E-state index in [0.717, 1.165) is 41.2 Å². The molecule has 0 bridgehead atoms. The molecular formula is C29H25N3. The zero-order valence-electron chi connectivity index (χ0n) is 18.1. The largest absolute Gasteiger partial charge is 0.332 e. The van der Waals surface area contributed by atoms with Gasteiger partial charge in [-0.3, -0.25) is 0 Å². The fraction of sp³-hybridized carbons (Fsp3) is 0.103. The first kappa shape index (κ1) is 20.0. The third kappa shape index (κ3) is 4.37. The summed E-state index contributed by atoms with van der Waals surface area (Å²) in [6, 6.07) is 37.8. The Labute approximate surface area is 189 Å². The molecule has 0 radical (unpaired) electrons. The van der Waals surface area contributed by atoms with Crippen LogP contribution in [0.4, 0.5) is 5.95 Å². The first-order valence-electron chi connectivity index (χ1n) is 10.9. The van der Waals surface area contributed by atoms with Crippen molar-refractivity contribution in [3.05, 3.63) is 126 Å². The van der Waals surface area contributed by atoms with Crippen molar-refractivity contribution < 1.29 is 0 Å². The lowest BCUT2D eigenvalue weighted by molar-refractivity contribution is 0.768. The van der Waals surface area contributed by atoms with Crippen LogP contribution in [0.3, 0.4) is 0 Å². The van der Waals surface area contributed by atoms with Crippen LogP contribution >= 0.6 is 0 Å². The number of nitrogens with zero attached hydrogens (tertiary/aromatic N) is 3. The van der Waals surface area contributed by atoms with Crippen LogP contribution in [0.25, 0.3) is 22.2 Å². The minimum atomic E-state index is 0.737. The highest BCUT2D eigenvalue weighted by molar-refractivity contribution is 5.93. The number of rotatable bonds is 6. The van der Waals surface area contributed by atoms with Crippen LogP contribution in [-0.2, 0) is 13.1 Å². The molecule has 0 saturated heterocycles. The van der Waals surface area contributed by atoms with Gasteiger partial charge in [0.1, 0.15) is 0 Å². The lowest BCUT2D eigenvalue weighted by Gasteiger charge is -2.24. The van der Waals surface area contributed by atoms with Gasteiger partial charge in [-0.1, -0.05) is 103 Å². The molecule has 3 heteroatoms. The minimum absolute atomic E-state index is 0.737. The normalized spacial score (nSPS) is 10.9. The van der Waals surface area contributed by atoms with Gasteiger partial charge in [0.05, 0.1) is 11.2 Å². The summed E-state index contributed by atoms with van der Waals surface area (Å²) < 4.78 is 0. The number of benzene rings is 4. The topological polar surface area (TPSA) is 29.0 Å². The Morgan fingerprint density at radius 1 is 0.625 bits per heavy atom. The third-order valence-electron chi connectivity index (χ3n) is 5.60. The van der Waals surface area contributed by atoms with Crippen LogP contribution in [0.2, 0.25) is 0 Å². The van der Waals surface area contributed by atoms with E-state index in [9.17, 15) is 0 Å².